The number of benzene rings is 1. The number of nitrogens with one attached hydrogen (secondary N) is 1. The number of aliphatic imine (C=N–C) groups is 1. The third kappa shape index (κ3) is 7.68. The Balaban J connectivity index is 1.71. The van der Waals surface area contributed by atoms with Gasteiger partial charge in [0.15, 0.2) is 5.96 Å². The lowest BCUT2D eigenvalue weighted by molar-refractivity contribution is -0.123. The van der Waals surface area contributed by atoms with Gasteiger partial charge in [0, 0.05) is 37.6 Å². The number of rotatable bonds is 9. The van der Waals surface area contributed by atoms with E-state index >= 15 is 0 Å². The van der Waals surface area contributed by atoms with Crippen molar-refractivity contribution in [2.75, 3.05) is 39.8 Å². The van der Waals surface area contributed by atoms with Gasteiger partial charge in [-0.05, 0) is 69.9 Å². The topological polar surface area (TPSA) is 74.0 Å². The fourth-order valence-corrected chi connectivity index (χ4v) is 3.61. The molecule has 1 fully saturated rings. The average molecular weight is 408 g/mol. The van der Waals surface area contributed by atoms with E-state index in [1.807, 2.05) is 24.3 Å². The van der Waals surface area contributed by atoms with E-state index < -0.39 is 0 Å². The first-order chi connectivity index (χ1) is 13.5. The number of hydrogen-bond acceptors (Lipinski definition) is 3. The van der Waals surface area contributed by atoms with Gasteiger partial charge in [0.2, 0.25) is 5.91 Å². The van der Waals surface area contributed by atoms with Gasteiger partial charge in [0.1, 0.15) is 0 Å². The zero-order valence-corrected chi connectivity index (χ0v) is 17.9. The Bertz CT molecular complexity index is 626. The van der Waals surface area contributed by atoms with Crippen LogP contribution in [0, 0.1) is 5.92 Å². The van der Waals surface area contributed by atoms with E-state index in [9.17, 15) is 4.79 Å². The van der Waals surface area contributed by atoms with Gasteiger partial charge in [0.25, 0.3) is 0 Å². The van der Waals surface area contributed by atoms with Crippen LogP contribution >= 0.6 is 11.6 Å². The number of halogens is 1. The maximum absolute atomic E-state index is 11.2. The van der Waals surface area contributed by atoms with Gasteiger partial charge in [0.05, 0.1) is 0 Å². The van der Waals surface area contributed by atoms with Gasteiger partial charge in [-0.2, -0.15) is 0 Å². The Morgan fingerprint density at radius 3 is 2.57 bits per heavy atom. The molecule has 0 aliphatic carbocycles. The van der Waals surface area contributed by atoms with E-state index in [4.69, 9.17) is 22.3 Å². The second kappa shape index (κ2) is 11.9. The van der Waals surface area contributed by atoms with Crippen LogP contribution in [0.2, 0.25) is 5.02 Å². The van der Waals surface area contributed by atoms with Crippen LogP contribution in [0.3, 0.4) is 0 Å². The molecule has 1 heterocycles. The number of carbonyl (C=O) groups excluding carboxylic acids is 1. The summed E-state index contributed by atoms with van der Waals surface area (Å²) in [6.45, 7) is 7.55. The lowest BCUT2D eigenvalue weighted by Gasteiger charge is -2.30. The van der Waals surface area contributed by atoms with Crippen LogP contribution < -0.4 is 11.1 Å². The summed E-state index contributed by atoms with van der Waals surface area (Å²) in [6, 6.07) is 7.93. The van der Waals surface area contributed by atoms with Crippen LogP contribution in [-0.2, 0) is 11.3 Å². The number of nitrogens with zero attached hydrogens (tertiary/aromatic N) is 3. The van der Waals surface area contributed by atoms with Crippen LogP contribution in [0.5, 0.6) is 0 Å². The van der Waals surface area contributed by atoms with E-state index in [-0.39, 0.29) is 11.8 Å². The minimum atomic E-state index is -0.146. The van der Waals surface area contributed by atoms with Crippen molar-refractivity contribution in [2.45, 2.75) is 39.2 Å². The van der Waals surface area contributed by atoms with Gasteiger partial charge in [-0.1, -0.05) is 23.7 Å². The summed E-state index contributed by atoms with van der Waals surface area (Å²) in [4.78, 5) is 20.6. The van der Waals surface area contributed by atoms with Gasteiger partial charge in [-0.25, -0.2) is 0 Å². The van der Waals surface area contributed by atoms with Crippen molar-refractivity contribution in [3.63, 3.8) is 0 Å². The van der Waals surface area contributed by atoms with E-state index in [1.54, 1.807) is 0 Å². The number of carbonyl (C=O) groups is 1. The molecule has 1 aliphatic heterocycles. The molecule has 156 valence electrons. The molecule has 2 rings (SSSR count). The van der Waals surface area contributed by atoms with Gasteiger partial charge in [-0.3, -0.25) is 9.79 Å². The highest BCUT2D eigenvalue weighted by molar-refractivity contribution is 6.30. The number of hydrogen-bond donors (Lipinski definition) is 2. The molecule has 1 aliphatic rings. The molecule has 0 bridgehead atoms. The smallest absolute Gasteiger partial charge is 0.220 e. The predicted molar refractivity (Wildman–Crippen MR) is 116 cm³/mol. The van der Waals surface area contributed by atoms with E-state index in [0.717, 1.165) is 75.9 Å². The summed E-state index contributed by atoms with van der Waals surface area (Å²) in [5, 5.41) is 4.12. The summed E-state index contributed by atoms with van der Waals surface area (Å²) in [5.41, 5.74) is 6.60. The Morgan fingerprint density at radius 2 is 1.96 bits per heavy atom. The van der Waals surface area contributed by atoms with Gasteiger partial charge in [-0.15, -0.1) is 0 Å². The first kappa shape index (κ1) is 22.5. The fraction of sp³-hybridized carbons (Fsp3) is 0.619. The number of primary amides is 1. The first-order valence-corrected chi connectivity index (χ1v) is 10.6. The second-order valence-electron chi connectivity index (χ2n) is 7.44. The highest BCUT2D eigenvalue weighted by atomic mass is 35.5. The standard InChI is InChI=1S/C21H34ClN5O/c1-3-24-21(26(2)16-17-6-8-19(22)9-7-17)25-12-4-5-13-27-14-10-18(11-15-27)20(23)28/h6-9,18H,3-5,10-16H2,1-2H3,(H2,23,28)(H,24,25). The highest BCUT2D eigenvalue weighted by Gasteiger charge is 2.22. The molecule has 0 saturated carbocycles. The number of nitrogens with two attached hydrogens (primary N) is 1. The molecule has 0 radical (unpaired) electrons. The summed E-state index contributed by atoms with van der Waals surface area (Å²) in [7, 11) is 2.05. The third-order valence-corrected chi connectivity index (χ3v) is 5.42. The quantitative estimate of drug-likeness (QED) is 0.375. The Morgan fingerprint density at radius 1 is 1.29 bits per heavy atom. The lowest BCUT2D eigenvalue weighted by Crippen LogP contribution is -2.39. The zero-order valence-electron chi connectivity index (χ0n) is 17.2. The Kier molecular flexibility index (Phi) is 9.58. The second-order valence-corrected chi connectivity index (χ2v) is 7.88. The molecule has 0 aromatic heterocycles. The average Bonchev–Trinajstić information content (AvgIpc) is 2.69. The maximum Gasteiger partial charge on any atom is 0.220 e. The predicted octanol–water partition coefficient (Wildman–Crippen LogP) is 2.71. The first-order valence-electron chi connectivity index (χ1n) is 10.2. The lowest BCUT2D eigenvalue weighted by atomic mass is 9.96. The van der Waals surface area contributed by atoms with Crippen molar-refractivity contribution in [2.24, 2.45) is 16.6 Å². The molecule has 0 unspecified atom stereocenters. The van der Waals surface area contributed by atoms with E-state index in [0.29, 0.717) is 0 Å². The van der Waals surface area contributed by atoms with Crippen molar-refractivity contribution in [3.05, 3.63) is 34.9 Å². The molecule has 0 atom stereocenters. The molecule has 1 saturated heterocycles. The Hall–Kier alpha value is -1.79. The van der Waals surface area contributed by atoms with Crippen LogP contribution in [0.1, 0.15) is 38.2 Å². The summed E-state index contributed by atoms with van der Waals surface area (Å²) in [6.07, 6.45) is 3.96. The number of piperidine rings is 1. The zero-order chi connectivity index (χ0) is 20.4. The molecule has 3 N–H and O–H groups in total. The van der Waals surface area contributed by atoms with Crippen molar-refractivity contribution in [1.82, 2.24) is 15.1 Å². The van der Waals surface area contributed by atoms with Crippen molar-refractivity contribution in [1.29, 1.82) is 0 Å². The van der Waals surface area contributed by atoms with Crippen LogP contribution in [0.15, 0.2) is 29.3 Å². The molecule has 1 aromatic rings. The van der Waals surface area contributed by atoms with E-state index in [1.165, 1.54) is 5.56 Å². The number of amides is 1. The van der Waals surface area contributed by atoms with Gasteiger partial charge >= 0.3 is 0 Å². The molecule has 28 heavy (non-hydrogen) atoms. The molecule has 1 amide bonds. The molecule has 7 heteroatoms. The Labute approximate surface area is 174 Å². The minimum absolute atomic E-state index is 0.0692. The van der Waals surface area contributed by atoms with Crippen LogP contribution in [0.25, 0.3) is 0 Å². The fourth-order valence-electron chi connectivity index (χ4n) is 3.48. The highest BCUT2D eigenvalue weighted by Crippen LogP contribution is 2.17. The van der Waals surface area contributed by atoms with Crippen molar-refractivity contribution in [3.8, 4) is 0 Å². The summed E-state index contributed by atoms with van der Waals surface area (Å²) < 4.78 is 0. The summed E-state index contributed by atoms with van der Waals surface area (Å²) in [5.74, 6) is 0.854. The van der Waals surface area contributed by atoms with Crippen LogP contribution in [-0.4, -0.2) is 61.4 Å². The monoisotopic (exact) mass is 407 g/mol. The normalized spacial score (nSPS) is 16.2. The molecule has 6 nitrogen and oxygen atoms in total. The molecular formula is C21H34ClN5O. The molecular weight excluding hydrogens is 374 g/mol. The van der Waals surface area contributed by atoms with E-state index in [2.05, 4.69) is 29.1 Å². The SMILES string of the molecule is CCNC(=NCCCCN1CCC(C(N)=O)CC1)N(C)Cc1ccc(Cl)cc1. The maximum atomic E-state index is 11.2. The third-order valence-electron chi connectivity index (χ3n) is 5.16. The van der Waals surface area contributed by atoms with Crippen molar-refractivity contribution < 1.29 is 4.79 Å². The summed E-state index contributed by atoms with van der Waals surface area (Å²) >= 11 is 5.96. The minimum Gasteiger partial charge on any atom is -0.369 e. The number of unbranched alkanes of at least 4 members (excludes halogenated alkanes) is 1. The molecule has 0 spiro atoms. The largest absolute Gasteiger partial charge is 0.369 e. The number of guanidine groups is 1. The number of likely N-dealkylation sites (tertiary alicyclic amines) is 1. The molecule has 1 aromatic carbocycles. The van der Waals surface area contributed by atoms with Crippen LogP contribution in [0.4, 0.5) is 0 Å². The van der Waals surface area contributed by atoms with Crippen molar-refractivity contribution >= 4 is 23.5 Å². The van der Waals surface area contributed by atoms with Gasteiger partial charge < -0.3 is 20.9 Å².